The molecule has 148 valence electrons. The summed E-state index contributed by atoms with van der Waals surface area (Å²) in [5.41, 5.74) is 1.06. The summed E-state index contributed by atoms with van der Waals surface area (Å²) >= 11 is 3.32. The quantitative estimate of drug-likeness (QED) is 0.627. The fourth-order valence-electron chi connectivity index (χ4n) is 3.67. The molecule has 0 aliphatic carbocycles. The molecule has 0 unspecified atom stereocenters. The molecule has 0 saturated carbocycles. The number of fused-ring (bicyclic) bond motifs is 1. The first-order valence-corrected chi connectivity index (χ1v) is 10.2. The van der Waals surface area contributed by atoms with Gasteiger partial charge in [0.15, 0.2) is 4.67 Å². The number of rotatable bonds is 6. The van der Waals surface area contributed by atoms with Crippen molar-refractivity contribution >= 4 is 27.0 Å². The number of aromatic nitrogens is 2. The van der Waals surface area contributed by atoms with E-state index < -0.39 is 5.82 Å². The van der Waals surface area contributed by atoms with Crippen LogP contribution in [0, 0.1) is 5.82 Å². The van der Waals surface area contributed by atoms with Crippen molar-refractivity contribution in [2.24, 2.45) is 0 Å². The van der Waals surface area contributed by atoms with Crippen LogP contribution < -0.4 is 10.9 Å². The van der Waals surface area contributed by atoms with Gasteiger partial charge in [-0.15, -0.1) is 0 Å². The van der Waals surface area contributed by atoms with Gasteiger partial charge in [-0.3, -0.25) is 9.78 Å². The van der Waals surface area contributed by atoms with Gasteiger partial charge in [-0.2, -0.15) is 0 Å². The average molecular weight is 449 g/mol. The number of pyridine rings is 2. The molecule has 0 spiro atoms. The zero-order valence-electron chi connectivity index (χ0n) is 15.4. The highest BCUT2D eigenvalue weighted by atomic mass is 79.9. The minimum Gasteiger partial charge on any atom is -0.453 e. The van der Waals surface area contributed by atoms with Gasteiger partial charge in [-0.25, -0.2) is 4.39 Å². The Morgan fingerprint density at radius 1 is 1.21 bits per heavy atom. The first-order valence-electron chi connectivity index (χ1n) is 9.43. The van der Waals surface area contributed by atoms with E-state index >= 15 is 0 Å². The molecule has 6 nitrogen and oxygen atoms in total. The number of halogens is 2. The van der Waals surface area contributed by atoms with Crippen LogP contribution in [0.25, 0.3) is 11.0 Å². The molecule has 8 heteroatoms. The third kappa shape index (κ3) is 4.51. The summed E-state index contributed by atoms with van der Waals surface area (Å²) in [6, 6.07) is 8.84. The number of hydrogen-bond donors (Lipinski definition) is 1. The SMILES string of the molecule is O=c1ccc2ncc(F)cc2n1CCN1CCC(NCc2ccc(Br)o2)CC1. The smallest absolute Gasteiger partial charge is 0.251 e. The molecule has 0 aromatic carbocycles. The number of nitrogens with one attached hydrogen (secondary N) is 1. The molecule has 0 atom stereocenters. The zero-order chi connectivity index (χ0) is 19.5. The minimum absolute atomic E-state index is 0.124. The van der Waals surface area contributed by atoms with Crippen LogP contribution in [-0.4, -0.2) is 40.1 Å². The molecule has 1 aliphatic rings. The first-order chi connectivity index (χ1) is 13.6. The van der Waals surface area contributed by atoms with Gasteiger partial charge in [-0.1, -0.05) is 0 Å². The van der Waals surface area contributed by atoms with Crippen molar-refractivity contribution in [3.63, 3.8) is 0 Å². The van der Waals surface area contributed by atoms with Gasteiger partial charge in [-0.05, 0) is 60.1 Å². The molecule has 1 fully saturated rings. The third-order valence-corrected chi connectivity index (χ3v) is 5.65. The van der Waals surface area contributed by atoms with Crippen LogP contribution in [0.15, 0.2) is 50.4 Å². The number of piperidine rings is 1. The lowest BCUT2D eigenvalue weighted by atomic mass is 10.1. The summed E-state index contributed by atoms with van der Waals surface area (Å²) in [7, 11) is 0. The van der Waals surface area contributed by atoms with Gasteiger partial charge in [0.05, 0.1) is 23.8 Å². The second-order valence-electron chi connectivity index (χ2n) is 7.08. The van der Waals surface area contributed by atoms with E-state index in [4.69, 9.17) is 4.42 Å². The van der Waals surface area contributed by atoms with Crippen molar-refractivity contribution in [1.29, 1.82) is 0 Å². The standard InChI is InChI=1S/C20H22BrFN4O2/c21-19-3-1-16(28-19)13-23-15-5-7-25(8-6-15)9-10-26-18-11-14(22)12-24-17(18)2-4-20(26)27/h1-4,11-12,15,23H,5-10,13H2. The van der Waals surface area contributed by atoms with E-state index in [1.165, 1.54) is 18.3 Å². The van der Waals surface area contributed by atoms with Crippen molar-refractivity contribution in [1.82, 2.24) is 19.8 Å². The van der Waals surface area contributed by atoms with Crippen LogP contribution >= 0.6 is 15.9 Å². The third-order valence-electron chi connectivity index (χ3n) is 5.23. The predicted octanol–water partition coefficient (Wildman–Crippen LogP) is 3.15. The maximum absolute atomic E-state index is 13.6. The molecule has 1 aliphatic heterocycles. The minimum atomic E-state index is -0.428. The Morgan fingerprint density at radius 2 is 2.04 bits per heavy atom. The Kier molecular flexibility index (Phi) is 5.89. The Balaban J connectivity index is 1.31. The van der Waals surface area contributed by atoms with Gasteiger partial charge in [0, 0.05) is 31.3 Å². The van der Waals surface area contributed by atoms with E-state index in [0.717, 1.165) is 49.5 Å². The van der Waals surface area contributed by atoms with E-state index in [9.17, 15) is 9.18 Å². The molecule has 3 aromatic heterocycles. The van der Waals surface area contributed by atoms with E-state index in [1.54, 1.807) is 10.6 Å². The Morgan fingerprint density at radius 3 is 2.79 bits per heavy atom. The van der Waals surface area contributed by atoms with Gasteiger partial charge in [0.2, 0.25) is 0 Å². The Labute approximate surface area is 170 Å². The fourth-order valence-corrected chi connectivity index (χ4v) is 4.01. The molecule has 28 heavy (non-hydrogen) atoms. The summed E-state index contributed by atoms with van der Waals surface area (Å²) in [5, 5.41) is 3.54. The van der Waals surface area contributed by atoms with Crippen LogP contribution in [0.2, 0.25) is 0 Å². The summed E-state index contributed by atoms with van der Waals surface area (Å²) in [4.78, 5) is 18.7. The molecular formula is C20H22BrFN4O2. The highest BCUT2D eigenvalue weighted by Crippen LogP contribution is 2.16. The monoisotopic (exact) mass is 448 g/mol. The maximum atomic E-state index is 13.6. The van der Waals surface area contributed by atoms with Crippen LogP contribution in [-0.2, 0) is 13.1 Å². The van der Waals surface area contributed by atoms with Crippen LogP contribution in [0.4, 0.5) is 4.39 Å². The van der Waals surface area contributed by atoms with Crippen molar-refractivity contribution in [2.45, 2.75) is 32.0 Å². The lowest BCUT2D eigenvalue weighted by Gasteiger charge is -2.32. The van der Waals surface area contributed by atoms with E-state index in [2.05, 4.69) is 31.1 Å². The van der Waals surface area contributed by atoms with E-state index in [0.29, 0.717) is 23.6 Å². The lowest BCUT2D eigenvalue weighted by Crippen LogP contribution is -2.43. The van der Waals surface area contributed by atoms with Crippen molar-refractivity contribution in [3.8, 4) is 0 Å². The molecule has 4 rings (SSSR count). The topological polar surface area (TPSA) is 63.3 Å². The van der Waals surface area contributed by atoms with Gasteiger partial charge in [0.25, 0.3) is 5.56 Å². The normalized spacial score (nSPS) is 16.1. The average Bonchev–Trinajstić information content (AvgIpc) is 3.12. The zero-order valence-corrected chi connectivity index (χ0v) is 17.0. The number of likely N-dealkylation sites (tertiary alicyclic amines) is 1. The molecule has 4 heterocycles. The summed E-state index contributed by atoms with van der Waals surface area (Å²) in [6.07, 6.45) is 3.27. The lowest BCUT2D eigenvalue weighted by molar-refractivity contribution is 0.190. The van der Waals surface area contributed by atoms with E-state index in [-0.39, 0.29) is 5.56 Å². The molecule has 3 aromatic rings. The van der Waals surface area contributed by atoms with E-state index in [1.807, 2.05) is 12.1 Å². The molecular weight excluding hydrogens is 427 g/mol. The largest absolute Gasteiger partial charge is 0.453 e. The van der Waals surface area contributed by atoms with Crippen molar-refractivity contribution < 1.29 is 8.81 Å². The maximum Gasteiger partial charge on any atom is 0.251 e. The first kappa shape index (κ1) is 19.3. The molecule has 0 amide bonds. The van der Waals surface area contributed by atoms with Gasteiger partial charge < -0.3 is 19.2 Å². The second kappa shape index (κ2) is 8.55. The van der Waals surface area contributed by atoms with Crippen LogP contribution in [0.5, 0.6) is 0 Å². The molecule has 0 bridgehead atoms. The molecule has 0 radical (unpaired) electrons. The van der Waals surface area contributed by atoms with Crippen molar-refractivity contribution in [3.05, 3.63) is 63.1 Å². The molecule has 1 saturated heterocycles. The highest BCUT2D eigenvalue weighted by molar-refractivity contribution is 9.10. The van der Waals surface area contributed by atoms with Gasteiger partial charge >= 0.3 is 0 Å². The summed E-state index contributed by atoms with van der Waals surface area (Å²) < 4.78 is 21.5. The second-order valence-corrected chi connectivity index (χ2v) is 7.87. The van der Waals surface area contributed by atoms with Crippen molar-refractivity contribution in [2.75, 3.05) is 19.6 Å². The number of furan rings is 1. The van der Waals surface area contributed by atoms with Crippen LogP contribution in [0.1, 0.15) is 18.6 Å². The summed E-state index contributed by atoms with van der Waals surface area (Å²) in [5.74, 6) is 0.493. The predicted molar refractivity (Wildman–Crippen MR) is 109 cm³/mol. The van der Waals surface area contributed by atoms with Crippen LogP contribution in [0.3, 0.4) is 0 Å². The number of nitrogens with zero attached hydrogens (tertiary/aromatic N) is 3. The summed E-state index contributed by atoms with van der Waals surface area (Å²) in [6.45, 7) is 3.94. The fraction of sp³-hybridized carbons (Fsp3) is 0.400. The van der Waals surface area contributed by atoms with Gasteiger partial charge in [0.1, 0.15) is 11.6 Å². The Bertz CT molecular complexity index is 1010. The molecule has 1 N–H and O–H groups in total. The highest BCUT2D eigenvalue weighted by Gasteiger charge is 2.19. The number of hydrogen-bond acceptors (Lipinski definition) is 5. The Hall–Kier alpha value is -2.03.